The van der Waals surface area contributed by atoms with E-state index in [1.807, 2.05) is 26.1 Å². The highest BCUT2D eigenvalue weighted by Crippen LogP contribution is 2.22. The lowest BCUT2D eigenvalue weighted by Crippen LogP contribution is -2.36. The summed E-state index contributed by atoms with van der Waals surface area (Å²) in [6.07, 6.45) is 1.71. The molecule has 5 heteroatoms. The van der Waals surface area contributed by atoms with Crippen LogP contribution in [0.4, 0.5) is 0 Å². The van der Waals surface area contributed by atoms with Crippen LogP contribution < -0.4 is 5.32 Å². The van der Waals surface area contributed by atoms with Gasteiger partial charge in [0.05, 0.1) is 17.7 Å². The van der Waals surface area contributed by atoms with Crippen molar-refractivity contribution in [3.63, 3.8) is 0 Å². The Morgan fingerprint density at radius 2 is 2.21 bits per heavy atom. The van der Waals surface area contributed by atoms with Gasteiger partial charge in [-0.05, 0) is 50.6 Å². The highest BCUT2D eigenvalue weighted by molar-refractivity contribution is 6.06. The topological polar surface area (TPSA) is 65.5 Å². The van der Waals surface area contributed by atoms with Crippen LogP contribution in [0.5, 0.6) is 0 Å². The van der Waals surface area contributed by atoms with Gasteiger partial charge >= 0.3 is 0 Å². The van der Waals surface area contributed by atoms with Gasteiger partial charge in [-0.2, -0.15) is 0 Å². The lowest BCUT2D eigenvalue weighted by atomic mass is 10.0. The van der Waals surface area contributed by atoms with Crippen molar-refractivity contribution in [3.05, 3.63) is 41.1 Å². The van der Waals surface area contributed by atoms with Crippen molar-refractivity contribution in [1.82, 2.24) is 15.2 Å². The molecule has 0 bridgehead atoms. The van der Waals surface area contributed by atoms with Gasteiger partial charge < -0.3 is 10.4 Å². The van der Waals surface area contributed by atoms with Crippen molar-refractivity contribution in [2.24, 2.45) is 0 Å². The molecule has 2 heterocycles. The number of fused-ring (bicyclic) bond motifs is 1. The van der Waals surface area contributed by atoms with Crippen LogP contribution in [0.25, 0.3) is 10.9 Å². The van der Waals surface area contributed by atoms with Crippen LogP contribution in [0.3, 0.4) is 0 Å². The fourth-order valence-electron chi connectivity index (χ4n) is 3.47. The highest BCUT2D eigenvalue weighted by atomic mass is 16.3. The lowest BCUT2D eigenvalue weighted by Gasteiger charge is -2.15. The highest BCUT2D eigenvalue weighted by Gasteiger charge is 2.30. The number of nitrogens with one attached hydrogen (secondary N) is 1. The minimum absolute atomic E-state index is 0.0595. The third-order valence-electron chi connectivity index (χ3n) is 4.89. The van der Waals surface area contributed by atoms with Gasteiger partial charge in [-0.25, -0.2) is 0 Å². The van der Waals surface area contributed by atoms with Crippen LogP contribution in [0, 0.1) is 6.92 Å². The first kappa shape index (κ1) is 16.9. The van der Waals surface area contributed by atoms with E-state index in [0.717, 1.165) is 36.0 Å². The third kappa shape index (κ3) is 3.28. The summed E-state index contributed by atoms with van der Waals surface area (Å²) in [6.45, 7) is 4.90. The number of aryl methyl sites for hydroxylation is 2. The van der Waals surface area contributed by atoms with Gasteiger partial charge in [0.1, 0.15) is 0 Å². The number of aliphatic hydroxyl groups is 1. The largest absolute Gasteiger partial charge is 0.395 e. The van der Waals surface area contributed by atoms with E-state index >= 15 is 0 Å². The maximum atomic E-state index is 12.8. The summed E-state index contributed by atoms with van der Waals surface area (Å²) in [5, 5.41) is 13.4. The Kier molecular flexibility index (Phi) is 4.83. The van der Waals surface area contributed by atoms with Crippen LogP contribution in [0.1, 0.15) is 35.0 Å². The number of likely N-dealkylation sites (tertiary alicyclic amines) is 1. The average Bonchev–Trinajstić information content (AvgIpc) is 2.92. The SMILES string of the molecule is CCc1ccc2nc(C)cc(C(=O)N[C@@H]3C[C@@H](CO)N(C)C3)c2c1. The Morgan fingerprint density at radius 1 is 1.42 bits per heavy atom. The summed E-state index contributed by atoms with van der Waals surface area (Å²) in [5.41, 5.74) is 3.58. The number of rotatable bonds is 4. The molecule has 0 unspecified atom stereocenters. The first-order chi connectivity index (χ1) is 11.5. The Morgan fingerprint density at radius 3 is 2.88 bits per heavy atom. The van der Waals surface area contributed by atoms with E-state index < -0.39 is 0 Å². The summed E-state index contributed by atoms with van der Waals surface area (Å²) >= 11 is 0. The number of pyridine rings is 1. The van der Waals surface area contributed by atoms with Crippen molar-refractivity contribution in [2.45, 2.75) is 38.8 Å². The number of hydrogen-bond donors (Lipinski definition) is 2. The fourth-order valence-corrected chi connectivity index (χ4v) is 3.47. The standard InChI is InChI=1S/C19H25N3O2/c1-4-13-5-6-18-16(8-13)17(7-12(2)20-18)19(24)21-14-9-15(11-23)22(3)10-14/h5-8,14-15,23H,4,9-11H2,1-3H3,(H,21,24)/t14-,15+/m1/s1. The van der Waals surface area contributed by atoms with Gasteiger partial charge in [-0.3, -0.25) is 14.7 Å². The van der Waals surface area contributed by atoms with E-state index in [1.54, 1.807) is 0 Å². The van der Waals surface area contributed by atoms with Crippen molar-refractivity contribution in [2.75, 3.05) is 20.2 Å². The second-order valence-corrected chi connectivity index (χ2v) is 6.70. The van der Waals surface area contributed by atoms with Crippen LogP contribution in [-0.2, 0) is 6.42 Å². The number of likely N-dealkylation sites (N-methyl/N-ethyl adjacent to an activating group) is 1. The van der Waals surface area contributed by atoms with Gasteiger partial charge in [0.2, 0.25) is 0 Å². The van der Waals surface area contributed by atoms with E-state index in [-0.39, 0.29) is 24.6 Å². The quantitative estimate of drug-likeness (QED) is 0.900. The molecule has 1 aliphatic heterocycles. The van der Waals surface area contributed by atoms with Crippen molar-refractivity contribution in [3.8, 4) is 0 Å². The van der Waals surface area contributed by atoms with Crippen LogP contribution in [0.15, 0.2) is 24.3 Å². The van der Waals surface area contributed by atoms with Crippen LogP contribution in [-0.4, -0.2) is 53.2 Å². The van der Waals surface area contributed by atoms with Crippen molar-refractivity contribution >= 4 is 16.8 Å². The Bertz CT molecular complexity index is 760. The number of benzene rings is 1. The molecule has 1 aromatic carbocycles. The van der Waals surface area contributed by atoms with E-state index in [0.29, 0.717) is 5.56 Å². The lowest BCUT2D eigenvalue weighted by molar-refractivity contribution is 0.0940. The molecule has 0 spiro atoms. The molecule has 128 valence electrons. The van der Waals surface area contributed by atoms with Crippen LogP contribution >= 0.6 is 0 Å². The number of carbonyl (C=O) groups is 1. The molecule has 5 nitrogen and oxygen atoms in total. The van der Waals surface area contributed by atoms with Gasteiger partial charge in [0, 0.05) is 29.7 Å². The zero-order chi connectivity index (χ0) is 17.3. The van der Waals surface area contributed by atoms with Crippen LogP contribution in [0.2, 0.25) is 0 Å². The maximum Gasteiger partial charge on any atom is 0.252 e. The van der Waals surface area contributed by atoms with Crippen molar-refractivity contribution < 1.29 is 9.90 Å². The predicted molar refractivity (Wildman–Crippen MR) is 95.2 cm³/mol. The molecular weight excluding hydrogens is 302 g/mol. The molecule has 0 aliphatic carbocycles. The Labute approximate surface area is 142 Å². The molecule has 1 aromatic heterocycles. The molecule has 1 aliphatic rings. The third-order valence-corrected chi connectivity index (χ3v) is 4.89. The number of nitrogens with zero attached hydrogens (tertiary/aromatic N) is 2. The number of hydrogen-bond acceptors (Lipinski definition) is 4. The number of aliphatic hydroxyl groups excluding tert-OH is 1. The molecule has 2 atom stereocenters. The van der Waals surface area contributed by atoms with Gasteiger partial charge in [0.25, 0.3) is 5.91 Å². The van der Waals surface area contributed by atoms with E-state index in [2.05, 4.69) is 34.3 Å². The number of aromatic nitrogens is 1. The predicted octanol–water partition coefficient (Wildman–Crippen LogP) is 1.90. The van der Waals surface area contributed by atoms with Crippen molar-refractivity contribution in [1.29, 1.82) is 0 Å². The number of carbonyl (C=O) groups excluding carboxylic acids is 1. The number of amides is 1. The Balaban J connectivity index is 1.89. The first-order valence-corrected chi connectivity index (χ1v) is 8.54. The molecule has 1 saturated heterocycles. The second-order valence-electron chi connectivity index (χ2n) is 6.70. The zero-order valence-corrected chi connectivity index (χ0v) is 14.5. The normalized spacial score (nSPS) is 21.3. The summed E-state index contributed by atoms with van der Waals surface area (Å²) in [7, 11) is 1.98. The molecule has 24 heavy (non-hydrogen) atoms. The molecule has 3 rings (SSSR count). The minimum atomic E-state index is -0.0595. The van der Waals surface area contributed by atoms with Gasteiger partial charge in [-0.1, -0.05) is 13.0 Å². The average molecular weight is 327 g/mol. The summed E-state index contributed by atoms with van der Waals surface area (Å²) < 4.78 is 0. The zero-order valence-electron chi connectivity index (χ0n) is 14.5. The maximum absolute atomic E-state index is 12.8. The van der Waals surface area contributed by atoms with Gasteiger partial charge in [0.15, 0.2) is 0 Å². The fraction of sp³-hybridized carbons (Fsp3) is 0.474. The molecule has 2 N–H and O–H groups in total. The molecule has 1 fully saturated rings. The van der Waals surface area contributed by atoms with E-state index in [4.69, 9.17) is 0 Å². The smallest absolute Gasteiger partial charge is 0.252 e. The van der Waals surface area contributed by atoms with E-state index in [1.165, 1.54) is 5.56 Å². The molecule has 2 aromatic rings. The second kappa shape index (κ2) is 6.87. The summed E-state index contributed by atoms with van der Waals surface area (Å²) in [4.78, 5) is 19.5. The molecule has 0 radical (unpaired) electrons. The minimum Gasteiger partial charge on any atom is -0.395 e. The Hall–Kier alpha value is -1.98. The first-order valence-electron chi connectivity index (χ1n) is 8.54. The summed E-state index contributed by atoms with van der Waals surface area (Å²) in [6, 6.07) is 8.17. The molecule has 0 saturated carbocycles. The molecule has 1 amide bonds. The van der Waals surface area contributed by atoms with E-state index in [9.17, 15) is 9.90 Å². The monoisotopic (exact) mass is 327 g/mol. The summed E-state index contributed by atoms with van der Waals surface area (Å²) in [5.74, 6) is -0.0595. The van der Waals surface area contributed by atoms with Gasteiger partial charge in [-0.15, -0.1) is 0 Å². The molecular formula is C19H25N3O2.